The zero-order valence-electron chi connectivity index (χ0n) is 12.8. The van der Waals surface area contributed by atoms with E-state index in [9.17, 15) is 9.59 Å². The molecule has 122 valence electrons. The third-order valence-corrected chi connectivity index (χ3v) is 6.09. The summed E-state index contributed by atoms with van der Waals surface area (Å²) >= 11 is 2.86. The van der Waals surface area contributed by atoms with E-state index in [-0.39, 0.29) is 10.5 Å². The summed E-state index contributed by atoms with van der Waals surface area (Å²) in [6, 6.07) is 7.94. The van der Waals surface area contributed by atoms with E-state index < -0.39 is 11.9 Å². The molecule has 1 aromatic rings. The Morgan fingerprint density at radius 3 is 1.41 bits per heavy atom. The fraction of sp³-hybridized carbons (Fsp3) is 0.500. The highest BCUT2D eigenvalue weighted by Gasteiger charge is 2.16. The van der Waals surface area contributed by atoms with Gasteiger partial charge in [-0.2, -0.15) is 0 Å². The zero-order chi connectivity index (χ0) is 16.5. The van der Waals surface area contributed by atoms with Gasteiger partial charge in [0.25, 0.3) is 0 Å². The maximum absolute atomic E-state index is 11.0. The Morgan fingerprint density at radius 1 is 0.864 bits per heavy atom. The van der Waals surface area contributed by atoms with Crippen molar-refractivity contribution < 1.29 is 19.8 Å². The minimum absolute atomic E-state index is 0.365. The lowest BCUT2D eigenvalue weighted by molar-refractivity contribution is -0.137. The highest BCUT2D eigenvalue weighted by Crippen LogP contribution is 2.23. The summed E-state index contributed by atoms with van der Waals surface area (Å²) in [6.07, 6.45) is 1.23. The fourth-order valence-electron chi connectivity index (χ4n) is 1.85. The maximum atomic E-state index is 11.0. The zero-order valence-corrected chi connectivity index (χ0v) is 14.5. The van der Waals surface area contributed by atoms with Crippen molar-refractivity contribution in [2.24, 2.45) is 0 Å². The fourth-order valence-corrected chi connectivity index (χ4v) is 3.78. The first-order chi connectivity index (χ1) is 10.5. The summed E-state index contributed by atoms with van der Waals surface area (Å²) in [6.45, 7) is 3.75. The number of carboxylic acids is 2. The molecule has 6 heteroatoms. The Morgan fingerprint density at radius 2 is 1.18 bits per heavy atom. The Labute approximate surface area is 139 Å². The molecule has 2 unspecified atom stereocenters. The van der Waals surface area contributed by atoms with Crippen molar-refractivity contribution in [2.75, 3.05) is 0 Å². The molecule has 0 aliphatic carbocycles. The van der Waals surface area contributed by atoms with Gasteiger partial charge in [-0.15, -0.1) is 23.5 Å². The average Bonchev–Trinajstić information content (AvgIpc) is 2.49. The largest absolute Gasteiger partial charge is 0.480 e. The van der Waals surface area contributed by atoms with Gasteiger partial charge in [-0.05, 0) is 24.0 Å². The molecule has 0 radical (unpaired) electrons. The number of hydrogen-bond acceptors (Lipinski definition) is 4. The highest BCUT2D eigenvalue weighted by atomic mass is 32.2. The second-order valence-electron chi connectivity index (χ2n) is 4.91. The van der Waals surface area contributed by atoms with E-state index in [1.807, 2.05) is 38.1 Å². The lowest BCUT2D eigenvalue weighted by Crippen LogP contribution is -2.15. The Hall–Kier alpha value is -1.14. The molecule has 0 fully saturated rings. The summed E-state index contributed by atoms with van der Waals surface area (Å²) in [5, 5.41) is 17.3. The average molecular weight is 342 g/mol. The van der Waals surface area contributed by atoms with Gasteiger partial charge in [-0.1, -0.05) is 38.1 Å². The molecule has 4 nitrogen and oxygen atoms in total. The summed E-state index contributed by atoms with van der Waals surface area (Å²) in [7, 11) is 0. The standard InChI is InChI=1S/C16H22O4S2/c1-3-13(15(17)18)21-9-11-5-7-12(8-6-11)10-22-14(4-2)16(19)20/h5-8,13-14H,3-4,9-10H2,1-2H3,(H,17,18)(H,19,20). The number of carbonyl (C=O) groups is 2. The lowest BCUT2D eigenvalue weighted by atomic mass is 10.2. The highest BCUT2D eigenvalue weighted by molar-refractivity contribution is 8.00. The molecule has 0 spiro atoms. The number of aliphatic carboxylic acids is 2. The number of rotatable bonds is 10. The minimum atomic E-state index is -0.764. The molecule has 0 aromatic heterocycles. The van der Waals surface area contributed by atoms with Gasteiger partial charge in [-0.3, -0.25) is 9.59 Å². The Kier molecular flexibility index (Phi) is 8.42. The second kappa shape index (κ2) is 9.79. The van der Waals surface area contributed by atoms with Crippen LogP contribution in [0.1, 0.15) is 37.8 Å². The monoisotopic (exact) mass is 342 g/mol. The maximum Gasteiger partial charge on any atom is 0.316 e. The number of benzene rings is 1. The van der Waals surface area contributed by atoms with Gasteiger partial charge in [0, 0.05) is 11.5 Å². The molecule has 0 aliphatic rings. The molecular weight excluding hydrogens is 320 g/mol. The quantitative estimate of drug-likeness (QED) is 0.672. The van der Waals surface area contributed by atoms with E-state index in [4.69, 9.17) is 10.2 Å². The summed E-state index contributed by atoms with van der Waals surface area (Å²) in [5.41, 5.74) is 2.17. The predicted molar refractivity (Wildman–Crippen MR) is 92.5 cm³/mol. The van der Waals surface area contributed by atoms with Crippen molar-refractivity contribution in [3.8, 4) is 0 Å². The molecule has 1 rings (SSSR count). The van der Waals surface area contributed by atoms with Crippen LogP contribution < -0.4 is 0 Å². The van der Waals surface area contributed by atoms with Gasteiger partial charge < -0.3 is 10.2 Å². The van der Waals surface area contributed by atoms with Crippen LogP contribution in [0.3, 0.4) is 0 Å². The summed E-state index contributed by atoms with van der Waals surface area (Å²) < 4.78 is 0. The van der Waals surface area contributed by atoms with E-state index in [0.717, 1.165) is 11.1 Å². The third-order valence-electron chi connectivity index (χ3n) is 3.22. The summed E-state index contributed by atoms with van der Waals surface area (Å²) in [4.78, 5) is 21.9. The number of hydrogen-bond donors (Lipinski definition) is 2. The van der Waals surface area contributed by atoms with Crippen LogP contribution in [0.4, 0.5) is 0 Å². The second-order valence-corrected chi connectivity index (χ2v) is 7.29. The molecular formula is C16H22O4S2. The smallest absolute Gasteiger partial charge is 0.316 e. The number of thioether (sulfide) groups is 2. The van der Waals surface area contributed by atoms with Crippen molar-refractivity contribution in [3.63, 3.8) is 0 Å². The molecule has 0 amide bonds. The van der Waals surface area contributed by atoms with Crippen molar-refractivity contribution in [1.29, 1.82) is 0 Å². The van der Waals surface area contributed by atoms with Gasteiger partial charge >= 0.3 is 11.9 Å². The van der Waals surface area contributed by atoms with E-state index in [1.54, 1.807) is 0 Å². The Bertz CT molecular complexity index is 442. The van der Waals surface area contributed by atoms with Crippen LogP contribution in [0.25, 0.3) is 0 Å². The third kappa shape index (κ3) is 6.32. The Balaban J connectivity index is 2.49. The molecule has 22 heavy (non-hydrogen) atoms. The predicted octanol–water partition coefficient (Wildman–Crippen LogP) is 3.88. The molecule has 0 aliphatic heterocycles. The van der Waals surface area contributed by atoms with Crippen molar-refractivity contribution in [2.45, 2.75) is 48.7 Å². The van der Waals surface area contributed by atoms with Crippen LogP contribution in [0.15, 0.2) is 24.3 Å². The van der Waals surface area contributed by atoms with Gasteiger partial charge in [0.2, 0.25) is 0 Å². The first-order valence-corrected chi connectivity index (χ1v) is 9.34. The first-order valence-electron chi connectivity index (χ1n) is 7.24. The van der Waals surface area contributed by atoms with E-state index in [1.165, 1.54) is 23.5 Å². The van der Waals surface area contributed by atoms with E-state index in [2.05, 4.69) is 0 Å². The van der Waals surface area contributed by atoms with Crippen LogP contribution in [-0.4, -0.2) is 32.7 Å². The molecule has 0 heterocycles. The van der Waals surface area contributed by atoms with Crippen molar-refractivity contribution >= 4 is 35.5 Å². The molecule has 1 aromatic carbocycles. The summed E-state index contributed by atoms with van der Waals surface area (Å²) in [5.74, 6) is -0.185. The van der Waals surface area contributed by atoms with Gasteiger partial charge in [0.15, 0.2) is 0 Å². The van der Waals surface area contributed by atoms with Crippen LogP contribution in [-0.2, 0) is 21.1 Å². The van der Waals surface area contributed by atoms with Gasteiger partial charge in [0.1, 0.15) is 10.5 Å². The minimum Gasteiger partial charge on any atom is -0.480 e. The van der Waals surface area contributed by atoms with Crippen LogP contribution in [0.5, 0.6) is 0 Å². The van der Waals surface area contributed by atoms with Crippen LogP contribution in [0.2, 0.25) is 0 Å². The molecule has 2 N–H and O–H groups in total. The molecule has 0 saturated heterocycles. The van der Waals surface area contributed by atoms with E-state index in [0.29, 0.717) is 24.3 Å². The van der Waals surface area contributed by atoms with Gasteiger partial charge in [-0.25, -0.2) is 0 Å². The first kappa shape index (κ1) is 18.9. The molecule has 0 bridgehead atoms. The van der Waals surface area contributed by atoms with Crippen molar-refractivity contribution in [3.05, 3.63) is 35.4 Å². The van der Waals surface area contributed by atoms with E-state index >= 15 is 0 Å². The molecule has 2 atom stereocenters. The van der Waals surface area contributed by atoms with Crippen molar-refractivity contribution in [1.82, 2.24) is 0 Å². The van der Waals surface area contributed by atoms with Crippen LogP contribution in [0, 0.1) is 0 Å². The lowest BCUT2D eigenvalue weighted by Gasteiger charge is -2.11. The number of carboxylic acid groups (broad SMARTS) is 2. The molecule has 0 saturated carbocycles. The topological polar surface area (TPSA) is 74.6 Å². The van der Waals surface area contributed by atoms with Crippen LogP contribution >= 0.6 is 23.5 Å². The normalized spacial score (nSPS) is 13.5. The SMILES string of the molecule is CCC(SCc1ccc(CSC(CC)C(=O)O)cc1)C(=O)O. The van der Waals surface area contributed by atoms with Gasteiger partial charge in [0.05, 0.1) is 0 Å².